The minimum absolute atomic E-state index is 0.0259. The monoisotopic (exact) mass is 248 g/mol. The van der Waals surface area contributed by atoms with Crippen molar-refractivity contribution in [2.75, 3.05) is 0 Å². The van der Waals surface area contributed by atoms with Crippen LogP contribution in [0, 0.1) is 10.1 Å². The lowest BCUT2D eigenvalue weighted by molar-refractivity contribution is -0.384. The summed E-state index contributed by atoms with van der Waals surface area (Å²) in [5.74, 6) is 0.487. The molecule has 1 aliphatic rings. The highest BCUT2D eigenvalue weighted by Gasteiger charge is 2.35. The maximum atomic E-state index is 11.1. The molecular weight excluding hydrogens is 236 g/mol. The van der Waals surface area contributed by atoms with Gasteiger partial charge in [-0.15, -0.1) is 0 Å². The van der Waals surface area contributed by atoms with Crippen LogP contribution in [0.4, 0.5) is 10.5 Å². The smallest absolute Gasteiger partial charge is 0.412 e. The summed E-state index contributed by atoms with van der Waals surface area (Å²) < 4.78 is 5.04. The van der Waals surface area contributed by atoms with Gasteiger partial charge >= 0.3 is 6.09 Å². The van der Waals surface area contributed by atoms with E-state index in [2.05, 4.69) is 5.32 Å². The van der Waals surface area contributed by atoms with Crippen molar-refractivity contribution >= 4 is 17.9 Å². The number of hydrogen-bond donors (Lipinski definition) is 1. The Balaban J connectivity index is 2.28. The van der Waals surface area contributed by atoms with Gasteiger partial charge in [0.1, 0.15) is 5.76 Å². The summed E-state index contributed by atoms with van der Waals surface area (Å²) in [5.41, 5.74) is 0.192. The van der Waals surface area contributed by atoms with Crippen molar-refractivity contribution in [3.63, 3.8) is 0 Å². The van der Waals surface area contributed by atoms with E-state index < -0.39 is 16.6 Å². The zero-order valence-corrected chi connectivity index (χ0v) is 9.97. The van der Waals surface area contributed by atoms with E-state index in [0.29, 0.717) is 5.76 Å². The molecular formula is C12H12N2O4. The SMILES string of the molecule is CC1(C)NC(=O)O/C1=C\c1ccc([N+](=O)[O-])cc1. The third-order valence-corrected chi connectivity index (χ3v) is 2.63. The van der Waals surface area contributed by atoms with Crippen molar-refractivity contribution in [1.82, 2.24) is 5.32 Å². The predicted molar refractivity (Wildman–Crippen MR) is 64.8 cm³/mol. The molecule has 2 rings (SSSR count). The molecule has 1 heterocycles. The number of alkyl carbamates (subject to hydrolysis) is 1. The van der Waals surface area contributed by atoms with Gasteiger partial charge in [-0.25, -0.2) is 4.79 Å². The van der Waals surface area contributed by atoms with Crippen LogP contribution >= 0.6 is 0 Å². The number of hydrogen-bond acceptors (Lipinski definition) is 4. The van der Waals surface area contributed by atoms with E-state index in [-0.39, 0.29) is 5.69 Å². The summed E-state index contributed by atoms with van der Waals surface area (Å²) in [6, 6.07) is 6.02. The maximum Gasteiger partial charge on any atom is 0.413 e. The summed E-state index contributed by atoms with van der Waals surface area (Å²) in [6.07, 6.45) is 1.19. The Hall–Kier alpha value is -2.37. The molecule has 0 radical (unpaired) electrons. The number of rotatable bonds is 2. The number of nitro benzene ring substituents is 1. The van der Waals surface area contributed by atoms with Gasteiger partial charge in [-0.1, -0.05) is 0 Å². The van der Waals surface area contributed by atoms with E-state index in [9.17, 15) is 14.9 Å². The molecule has 1 fully saturated rings. The first-order valence-electron chi connectivity index (χ1n) is 5.35. The van der Waals surface area contributed by atoms with Gasteiger partial charge in [-0.05, 0) is 37.6 Å². The van der Waals surface area contributed by atoms with Crippen LogP contribution in [0.1, 0.15) is 19.4 Å². The zero-order valence-electron chi connectivity index (χ0n) is 9.97. The van der Waals surface area contributed by atoms with Crippen molar-refractivity contribution < 1.29 is 14.5 Å². The Labute approximate surface area is 103 Å². The summed E-state index contributed by atoms with van der Waals surface area (Å²) in [5, 5.41) is 13.2. The lowest BCUT2D eigenvalue weighted by atomic mass is 10.0. The number of ether oxygens (including phenoxy) is 1. The number of carbonyl (C=O) groups is 1. The van der Waals surface area contributed by atoms with Crippen LogP contribution in [-0.2, 0) is 4.74 Å². The van der Waals surface area contributed by atoms with Crippen molar-refractivity contribution in [3.05, 3.63) is 45.7 Å². The molecule has 0 aliphatic carbocycles. The summed E-state index contributed by atoms with van der Waals surface area (Å²) in [6.45, 7) is 3.63. The second kappa shape index (κ2) is 4.14. The predicted octanol–water partition coefficient (Wildman–Crippen LogP) is 2.45. The molecule has 0 unspecified atom stereocenters. The molecule has 18 heavy (non-hydrogen) atoms. The van der Waals surface area contributed by atoms with Gasteiger partial charge in [-0.2, -0.15) is 0 Å². The Morgan fingerprint density at radius 1 is 1.33 bits per heavy atom. The van der Waals surface area contributed by atoms with E-state index in [4.69, 9.17) is 4.74 Å². The fourth-order valence-corrected chi connectivity index (χ4v) is 1.62. The Morgan fingerprint density at radius 2 is 1.94 bits per heavy atom. The van der Waals surface area contributed by atoms with E-state index >= 15 is 0 Å². The average molecular weight is 248 g/mol. The number of nitro groups is 1. The Morgan fingerprint density at radius 3 is 2.39 bits per heavy atom. The molecule has 1 aliphatic heterocycles. The standard InChI is InChI=1S/C12H12N2O4/c1-12(2)10(18-11(15)13-12)7-8-3-5-9(6-4-8)14(16)17/h3-7H,1-2H3,(H,13,15)/b10-7-. The third kappa shape index (κ3) is 2.32. The molecule has 0 spiro atoms. The number of cyclic esters (lactones) is 1. The fraction of sp³-hybridized carbons (Fsp3) is 0.250. The van der Waals surface area contributed by atoms with E-state index in [1.165, 1.54) is 12.1 Å². The van der Waals surface area contributed by atoms with Gasteiger partial charge in [0.05, 0.1) is 10.5 Å². The highest BCUT2D eigenvalue weighted by atomic mass is 16.6. The van der Waals surface area contributed by atoms with Gasteiger partial charge in [0, 0.05) is 12.1 Å². The zero-order chi connectivity index (χ0) is 13.3. The normalized spacial score (nSPS) is 19.4. The summed E-state index contributed by atoms with van der Waals surface area (Å²) >= 11 is 0. The molecule has 0 aromatic heterocycles. The number of non-ortho nitro benzene ring substituents is 1. The summed E-state index contributed by atoms with van der Waals surface area (Å²) in [7, 11) is 0. The number of nitrogens with one attached hydrogen (secondary N) is 1. The van der Waals surface area contributed by atoms with Crippen LogP contribution in [0.3, 0.4) is 0 Å². The minimum atomic E-state index is -0.571. The molecule has 0 saturated carbocycles. The second-order valence-electron chi connectivity index (χ2n) is 4.50. The van der Waals surface area contributed by atoms with Gasteiger partial charge in [0.15, 0.2) is 0 Å². The van der Waals surface area contributed by atoms with Gasteiger partial charge in [-0.3, -0.25) is 10.1 Å². The third-order valence-electron chi connectivity index (χ3n) is 2.63. The lowest BCUT2D eigenvalue weighted by Crippen LogP contribution is -2.35. The minimum Gasteiger partial charge on any atom is -0.412 e. The van der Waals surface area contributed by atoms with Gasteiger partial charge in [0.25, 0.3) is 5.69 Å². The highest BCUT2D eigenvalue weighted by molar-refractivity contribution is 5.76. The first kappa shape index (κ1) is 12.1. The van der Waals surface area contributed by atoms with Crippen molar-refractivity contribution in [2.24, 2.45) is 0 Å². The number of amides is 1. The van der Waals surface area contributed by atoms with Gasteiger partial charge < -0.3 is 10.1 Å². The lowest BCUT2D eigenvalue weighted by Gasteiger charge is -2.15. The van der Waals surface area contributed by atoms with Crippen molar-refractivity contribution in [2.45, 2.75) is 19.4 Å². The molecule has 1 amide bonds. The molecule has 6 heteroatoms. The highest BCUT2D eigenvalue weighted by Crippen LogP contribution is 2.26. The molecule has 0 bridgehead atoms. The van der Waals surface area contributed by atoms with Crippen LogP contribution in [0.15, 0.2) is 30.0 Å². The topological polar surface area (TPSA) is 81.5 Å². The Bertz CT molecular complexity index is 532. The maximum absolute atomic E-state index is 11.1. The van der Waals surface area contributed by atoms with Crippen LogP contribution in [0.5, 0.6) is 0 Å². The average Bonchev–Trinajstić information content (AvgIpc) is 2.52. The molecule has 0 atom stereocenters. The number of benzene rings is 1. The Kier molecular flexibility index (Phi) is 2.78. The van der Waals surface area contributed by atoms with Crippen LogP contribution in [0.25, 0.3) is 6.08 Å². The summed E-state index contributed by atoms with van der Waals surface area (Å²) in [4.78, 5) is 21.2. The van der Waals surface area contributed by atoms with Crippen molar-refractivity contribution in [3.8, 4) is 0 Å². The van der Waals surface area contributed by atoms with E-state index in [1.54, 1.807) is 18.2 Å². The molecule has 1 N–H and O–H groups in total. The van der Waals surface area contributed by atoms with Crippen LogP contribution < -0.4 is 5.32 Å². The van der Waals surface area contributed by atoms with E-state index in [1.807, 2.05) is 13.8 Å². The molecule has 94 valence electrons. The molecule has 1 aromatic rings. The van der Waals surface area contributed by atoms with Crippen LogP contribution in [-0.4, -0.2) is 16.6 Å². The van der Waals surface area contributed by atoms with Gasteiger partial charge in [0.2, 0.25) is 0 Å². The van der Waals surface area contributed by atoms with Crippen LogP contribution in [0.2, 0.25) is 0 Å². The number of nitrogens with zero attached hydrogens (tertiary/aromatic N) is 1. The first-order valence-corrected chi connectivity index (χ1v) is 5.35. The van der Waals surface area contributed by atoms with E-state index in [0.717, 1.165) is 5.56 Å². The molecule has 6 nitrogen and oxygen atoms in total. The van der Waals surface area contributed by atoms with Crippen molar-refractivity contribution in [1.29, 1.82) is 0 Å². The quantitative estimate of drug-likeness (QED) is 0.643. The largest absolute Gasteiger partial charge is 0.413 e. The molecule has 1 saturated heterocycles. The second-order valence-corrected chi connectivity index (χ2v) is 4.50. The fourth-order valence-electron chi connectivity index (χ4n) is 1.62. The number of carbonyl (C=O) groups excluding carboxylic acids is 1. The first-order chi connectivity index (χ1) is 8.38. The molecule has 1 aromatic carbocycles.